The first-order valence-corrected chi connectivity index (χ1v) is 12.0. The van der Waals surface area contributed by atoms with Gasteiger partial charge in [0.1, 0.15) is 0 Å². The normalized spacial score (nSPS) is 23.9. The largest absolute Gasteiger partial charge is 0.435 e. The summed E-state index contributed by atoms with van der Waals surface area (Å²) >= 11 is 17.8. The third-order valence-electron chi connectivity index (χ3n) is 6.75. The van der Waals surface area contributed by atoms with Crippen LogP contribution in [0.5, 0.6) is 0 Å². The highest BCUT2D eigenvalue weighted by atomic mass is 35.5. The zero-order chi connectivity index (χ0) is 25.2. The molecule has 2 fully saturated rings. The van der Waals surface area contributed by atoms with Gasteiger partial charge in [-0.15, -0.1) is 0 Å². The molecule has 1 unspecified atom stereocenters. The summed E-state index contributed by atoms with van der Waals surface area (Å²) in [6, 6.07) is 8.35. The van der Waals surface area contributed by atoms with E-state index in [1.807, 2.05) is 11.0 Å². The van der Waals surface area contributed by atoms with Crippen molar-refractivity contribution in [3.8, 4) is 6.07 Å². The Morgan fingerprint density at radius 3 is 2.34 bits per heavy atom. The Kier molecular flexibility index (Phi) is 5.99. The van der Waals surface area contributed by atoms with Gasteiger partial charge in [-0.05, 0) is 37.0 Å². The highest BCUT2D eigenvalue weighted by molar-refractivity contribution is 6.48. The van der Waals surface area contributed by atoms with Gasteiger partial charge in [-0.25, -0.2) is 4.39 Å². The number of halogens is 7. The lowest BCUT2D eigenvalue weighted by Crippen LogP contribution is -2.57. The highest BCUT2D eigenvalue weighted by Gasteiger charge is 2.62. The summed E-state index contributed by atoms with van der Waals surface area (Å²) in [6.45, 7) is 1.23. The van der Waals surface area contributed by atoms with Crippen molar-refractivity contribution in [3.05, 3.63) is 67.7 Å². The first-order chi connectivity index (χ1) is 16.5. The van der Waals surface area contributed by atoms with Crippen LogP contribution in [-0.2, 0) is 16.1 Å². The molecule has 1 aliphatic carbocycles. The second kappa shape index (κ2) is 8.52. The van der Waals surface area contributed by atoms with Gasteiger partial charge in [-0.2, -0.15) is 18.4 Å². The van der Waals surface area contributed by atoms with Crippen LogP contribution in [0.3, 0.4) is 0 Å². The van der Waals surface area contributed by atoms with Crippen molar-refractivity contribution in [1.29, 1.82) is 5.26 Å². The Hall–Kier alpha value is -2.05. The number of rotatable bonds is 5. The van der Waals surface area contributed by atoms with Crippen molar-refractivity contribution >= 4 is 40.5 Å². The third kappa shape index (κ3) is 4.27. The Morgan fingerprint density at radius 2 is 1.77 bits per heavy atom. The van der Waals surface area contributed by atoms with Crippen LogP contribution in [-0.4, -0.2) is 36.4 Å². The number of likely N-dealkylation sites (tertiary alicyclic amines) is 1. The first kappa shape index (κ1) is 24.6. The molecule has 0 N–H and O–H groups in total. The molecule has 2 aromatic rings. The van der Waals surface area contributed by atoms with Crippen molar-refractivity contribution in [2.45, 2.75) is 36.7 Å². The zero-order valence-corrected chi connectivity index (χ0v) is 20.4. The van der Waals surface area contributed by atoms with Gasteiger partial charge in [0.15, 0.2) is 5.67 Å². The van der Waals surface area contributed by atoms with E-state index >= 15 is 4.39 Å². The summed E-state index contributed by atoms with van der Waals surface area (Å²) in [6.07, 6.45) is -3.25. The lowest BCUT2D eigenvalue weighted by Gasteiger charge is -2.45. The lowest BCUT2D eigenvalue weighted by molar-refractivity contribution is -0.275. The van der Waals surface area contributed by atoms with E-state index in [-0.39, 0.29) is 56.1 Å². The van der Waals surface area contributed by atoms with E-state index in [0.29, 0.717) is 5.92 Å². The summed E-state index contributed by atoms with van der Waals surface area (Å²) in [5.41, 5.74) is -4.38. The molecule has 4 nitrogen and oxygen atoms in total. The molecule has 1 saturated heterocycles. The van der Waals surface area contributed by atoms with Crippen molar-refractivity contribution < 1.29 is 22.4 Å². The Balaban J connectivity index is 1.42. The fourth-order valence-electron chi connectivity index (χ4n) is 4.68. The summed E-state index contributed by atoms with van der Waals surface area (Å²) in [5, 5.41) is 13.0. The van der Waals surface area contributed by atoms with Gasteiger partial charge in [0.25, 0.3) is 5.60 Å². The van der Waals surface area contributed by atoms with Crippen LogP contribution in [0.15, 0.2) is 35.5 Å². The standard InChI is InChI=1S/C24H18Cl3F4N3O/c25-18-6-16(7-19(26)21(18)27)23(24(29,30)31)8-20(33-35-23)14-3-4-17(15(5-14)9-32)22(28)11-34(12-22)10-13-1-2-13/h3-7,13H,1-2,8,10-12H2. The zero-order valence-electron chi connectivity index (χ0n) is 18.1. The maximum absolute atomic E-state index is 15.5. The topological polar surface area (TPSA) is 48.6 Å². The quantitative estimate of drug-likeness (QED) is 0.300. The van der Waals surface area contributed by atoms with Gasteiger partial charge < -0.3 is 4.84 Å². The fourth-order valence-corrected chi connectivity index (χ4v) is 5.28. The van der Waals surface area contributed by atoms with Crippen molar-refractivity contribution in [3.63, 3.8) is 0 Å². The SMILES string of the molecule is N#Cc1cc(C2=NOC(c3cc(Cl)c(Cl)c(Cl)c3)(C(F)(F)F)C2)ccc1C1(F)CN(CC2CC2)C1. The van der Waals surface area contributed by atoms with E-state index in [0.717, 1.165) is 31.5 Å². The number of hydrogen-bond donors (Lipinski definition) is 0. The third-order valence-corrected chi connectivity index (χ3v) is 7.95. The Bertz CT molecular complexity index is 1240. The molecule has 184 valence electrons. The van der Waals surface area contributed by atoms with Crippen molar-refractivity contribution in [2.75, 3.05) is 19.6 Å². The predicted molar refractivity (Wildman–Crippen MR) is 125 cm³/mol. The Labute approximate surface area is 214 Å². The van der Waals surface area contributed by atoms with Crippen LogP contribution in [0.4, 0.5) is 17.6 Å². The average molecular weight is 547 g/mol. The van der Waals surface area contributed by atoms with E-state index in [2.05, 4.69) is 5.16 Å². The molecule has 2 aliphatic heterocycles. The molecule has 3 aliphatic rings. The van der Waals surface area contributed by atoms with E-state index in [4.69, 9.17) is 39.6 Å². The number of oxime groups is 1. The minimum Gasteiger partial charge on any atom is -0.374 e. The number of nitriles is 1. The van der Waals surface area contributed by atoms with Gasteiger partial charge >= 0.3 is 6.18 Å². The molecule has 0 aromatic heterocycles. The maximum Gasteiger partial charge on any atom is 0.435 e. The molecule has 1 saturated carbocycles. The minimum absolute atomic E-state index is 0.0375. The molecule has 0 amide bonds. The highest BCUT2D eigenvalue weighted by Crippen LogP contribution is 2.51. The lowest BCUT2D eigenvalue weighted by atomic mass is 9.82. The number of nitrogens with zero attached hydrogens (tertiary/aromatic N) is 3. The van der Waals surface area contributed by atoms with E-state index in [1.165, 1.54) is 18.2 Å². The molecular formula is C24H18Cl3F4N3O. The molecule has 35 heavy (non-hydrogen) atoms. The average Bonchev–Trinajstić information content (AvgIpc) is 3.48. The number of benzene rings is 2. The second-order valence-electron chi connectivity index (χ2n) is 9.34. The minimum atomic E-state index is -4.88. The first-order valence-electron chi connectivity index (χ1n) is 10.9. The summed E-state index contributed by atoms with van der Waals surface area (Å²) < 4.78 is 58.3. The van der Waals surface area contributed by atoms with Crippen LogP contribution in [0.2, 0.25) is 15.1 Å². The molecule has 2 aromatic carbocycles. The molecule has 0 bridgehead atoms. The summed E-state index contributed by atoms with van der Waals surface area (Å²) in [4.78, 5) is 7.02. The maximum atomic E-state index is 15.5. The van der Waals surface area contributed by atoms with Gasteiger partial charge in [0.05, 0.1) is 32.4 Å². The van der Waals surface area contributed by atoms with Gasteiger partial charge in [0.2, 0.25) is 0 Å². The second-order valence-corrected chi connectivity index (χ2v) is 10.5. The fraction of sp³-hybridized carbons (Fsp3) is 0.417. The van der Waals surface area contributed by atoms with Crippen LogP contribution in [0.25, 0.3) is 0 Å². The van der Waals surface area contributed by atoms with Crippen molar-refractivity contribution in [2.24, 2.45) is 11.1 Å². The van der Waals surface area contributed by atoms with Crippen LogP contribution >= 0.6 is 34.8 Å². The van der Waals surface area contributed by atoms with E-state index in [1.54, 1.807) is 0 Å². The molecule has 0 radical (unpaired) electrons. The molecular weight excluding hydrogens is 529 g/mol. The predicted octanol–water partition coefficient (Wildman–Crippen LogP) is 6.99. The van der Waals surface area contributed by atoms with Gasteiger partial charge in [-0.3, -0.25) is 4.90 Å². The van der Waals surface area contributed by atoms with Crippen LogP contribution in [0.1, 0.15) is 41.5 Å². The Morgan fingerprint density at radius 1 is 1.11 bits per heavy atom. The molecule has 5 rings (SSSR count). The van der Waals surface area contributed by atoms with E-state index in [9.17, 15) is 18.4 Å². The van der Waals surface area contributed by atoms with Crippen molar-refractivity contribution in [1.82, 2.24) is 4.90 Å². The summed E-state index contributed by atoms with van der Waals surface area (Å²) in [7, 11) is 0. The molecule has 11 heteroatoms. The monoisotopic (exact) mass is 545 g/mol. The van der Waals surface area contributed by atoms with Gasteiger partial charge in [0, 0.05) is 42.7 Å². The number of alkyl halides is 4. The van der Waals surface area contributed by atoms with Gasteiger partial charge in [-0.1, -0.05) is 52.1 Å². The number of hydrogen-bond acceptors (Lipinski definition) is 4. The van der Waals surface area contributed by atoms with Crippen LogP contribution < -0.4 is 0 Å². The molecule has 1 atom stereocenters. The molecule has 2 heterocycles. The smallest absolute Gasteiger partial charge is 0.374 e. The molecule has 0 spiro atoms. The summed E-state index contributed by atoms with van der Waals surface area (Å²) in [5.74, 6) is 0.622. The van der Waals surface area contributed by atoms with E-state index < -0.39 is 23.9 Å². The van der Waals surface area contributed by atoms with Crippen LogP contribution in [0, 0.1) is 17.2 Å².